The van der Waals surface area contributed by atoms with E-state index in [1.165, 1.54) is 0 Å². The van der Waals surface area contributed by atoms with Crippen LogP contribution in [0.15, 0.2) is 65.1 Å². The zero-order valence-electron chi connectivity index (χ0n) is 12.0. The van der Waals surface area contributed by atoms with Crippen LogP contribution in [0.1, 0.15) is 0 Å². The summed E-state index contributed by atoms with van der Waals surface area (Å²) in [6.45, 7) is 0. The number of aromatic amines is 1. The van der Waals surface area contributed by atoms with Crippen LogP contribution >= 0.6 is 0 Å². The lowest BCUT2D eigenvalue weighted by Crippen LogP contribution is -1.82. The van der Waals surface area contributed by atoms with Crippen LogP contribution in [-0.4, -0.2) is 17.3 Å². The molecule has 4 aromatic rings. The highest BCUT2D eigenvalue weighted by Crippen LogP contribution is 2.29. The Morgan fingerprint density at radius 1 is 1.00 bits per heavy atom. The number of H-pyrrole nitrogens is 1. The van der Waals surface area contributed by atoms with E-state index in [0.29, 0.717) is 0 Å². The van der Waals surface area contributed by atoms with Crippen LogP contribution in [0.4, 0.5) is 0 Å². The Hall–Kier alpha value is -3.01. The number of benzene rings is 2. The highest BCUT2D eigenvalue weighted by Gasteiger charge is 2.10. The predicted octanol–water partition coefficient (Wildman–Crippen LogP) is 4.50. The Balaban J connectivity index is 1.70. The molecule has 0 aliphatic heterocycles. The van der Waals surface area contributed by atoms with Gasteiger partial charge in [-0.05, 0) is 42.5 Å². The number of aromatic nitrogens is 2. The van der Waals surface area contributed by atoms with Gasteiger partial charge in [-0.25, -0.2) is 0 Å². The molecule has 0 aliphatic carbocycles. The largest absolute Gasteiger partial charge is 0.497 e. The zero-order valence-corrected chi connectivity index (χ0v) is 12.0. The Kier molecular flexibility index (Phi) is 2.93. The van der Waals surface area contributed by atoms with Gasteiger partial charge < -0.3 is 9.15 Å². The molecular formula is C18H14N2O2. The van der Waals surface area contributed by atoms with Crippen LogP contribution in [0.5, 0.6) is 5.75 Å². The molecule has 1 N–H and O–H groups in total. The fourth-order valence-corrected chi connectivity index (χ4v) is 2.47. The number of hydrogen-bond acceptors (Lipinski definition) is 3. The summed E-state index contributed by atoms with van der Waals surface area (Å²) < 4.78 is 11.0. The van der Waals surface area contributed by atoms with Gasteiger partial charge in [-0.2, -0.15) is 5.10 Å². The molecule has 0 saturated carbocycles. The molecule has 4 heteroatoms. The average molecular weight is 290 g/mol. The molecule has 0 bridgehead atoms. The third-order valence-corrected chi connectivity index (χ3v) is 3.65. The van der Waals surface area contributed by atoms with E-state index in [4.69, 9.17) is 9.15 Å². The maximum Gasteiger partial charge on any atom is 0.153 e. The molecule has 108 valence electrons. The quantitative estimate of drug-likeness (QED) is 0.604. The Morgan fingerprint density at radius 3 is 2.59 bits per heavy atom. The van der Waals surface area contributed by atoms with Gasteiger partial charge in [0.25, 0.3) is 0 Å². The second-order valence-electron chi connectivity index (χ2n) is 5.04. The van der Waals surface area contributed by atoms with Gasteiger partial charge in [0.15, 0.2) is 5.76 Å². The van der Waals surface area contributed by atoms with E-state index < -0.39 is 0 Å². The monoisotopic (exact) mass is 290 g/mol. The molecule has 0 spiro atoms. The number of nitrogens with zero attached hydrogens (tertiary/aromatic N) is 1. The van der Waals surface area contributed by atoms with E-state index >= 15 is 0 Å². The van der Waals surface area contributed by atoms with E-state index in [1.54, 1.807) is 7.11 Å². The van der Waals surface area contributed by atoms with Gasteiger partial charge in [-0.1, -0.05) is 18.2 Å². The number of methoxy groups -OCH3 is 1. The minimum Gasteiger partial charge on any atom is -0.497 e. The summed E-state index contributed by atoms with van der Waals surface area (Å²) in [7, 11) is 1.66. The fourth-order valence-electron chi connectivity index (χ4n) is 2.47. The molecule has 0 unspecified atom stereocenters. The highest BCUT2D eigenvalue weighted by molar-refractivity contribution is 5.82. The van der Waals surface area contributed by atoms with E-state index in [9.17, 15) is 0 Å². The molecule has 4 rings (SSSR count). The SMILES string of the molecule is COc1ccc(-c2cc(-c3cc4ccccc4o3)[nH]n2)cc1. The fraction of sp³-hybridized carbons (Fsp3) is 0.0556. The third-order valence-electron chi connectivity index (χ3n) is 3.65. The molecular weight excluding hydrogens is 276 g/mol. The lowest BCUT2D eigenvalue weighted by atomic mass is 10.1. The molecule has 0 atom stereocenters. The number of para-hydroxylation sites is 1. The van der Waals surface area contributed by atoms with Crippen LogP contribution in [0.2, 0.25) is 0 Å². The predicted molar refractivity (Wildman–Crippen MR) is 85.8 cm³/mol. The van der Waals surface area contributed by atoms with Gasteiger partial charge in [-0.15, -0.1) is 0 Å². The number of ether oxygens (including phenoxy) is 1. The van der Waals surface area contributed by atoms with Crippen molar-refractivity contribution in [1.82, 2.24) is 10.2 Å². The van der Waals surface area contributed by atoms with Crippen molar-refractivity contribution >= 4 is 11.0 Å². The van der Waals surface area contributed by atoms with Crippen LogP contribution in [0, 0.1) is 0 Å². The summed E-state index contributed by atoms with van der Waals surface area (Å²) in [4.78, 5) is 0. The van der Waals surface area contributed by atoms with Gasteiger partial charge in [-0.3, -0.25) is 5.10 Å². The third kappa shape index (κ3) is 2.15. The van der Waals surface area contributed by atoms with Crippen LogP contribution < -0.4 is 4.74 Å². The summed E-state index contributed by atoms with van der Waals surface area (Å²) in [5.41, 5.74) is 3.64. The second-order valence-corrected chi connectivity index (χ2v) is 5.04. The van der Waals surface area contributed by atoms with Crippen molar-refractivity contribution in [3.8, 4) is 28.5 Å². The smallest absolute Gasteiger partial charge is 0.153 e. The standard InChI is InChI=1S/C18H14N2O2/c1-21-14-8-6-12(7-9-14)15-11-16(20-19-15)18-10-13-4-2-3-5-17(13)22-18/h2-11H,1H3,(H,19,20). The summed E-state index contributed by atoms with van der Waals surface area (Å²) in [6.07, 6.45) is 0. The van der Waals surface area contributed by atoms with Crippen molar-refractivity contribution in [1.29, 1.82) is 0 Å². The van der Waals surface area contributed by atoms with Crippen molar-refractivity contribution in [2.75, 3.05) is 7.11 Å². The van der Waals surface area contributed by atoms with Crippen molar-refractivity contribution in [2.45, 2.75) is 0 Å². The molecule has 2 heterocycles. The van der Waals surface area contributed by atoms with E-state index in [2.05, 4.69) is 10.2 Å². The number of nitrogens with one attached hydrogen (secondary N) is 1. The van der Waals surface area contributed by atoms with Crippen LogP contribution in [-0.2, 0) is 0 Å². The second kappa shape index (κ2) is 5.07. The molecule has 0 aliphatic rings. The first-order valence-corrected chi connectivity index (χ1v) is 7.02. The average Bonchev–Trinajstić information content (AvgIpc) is 3.21. The lowest BCUT2D eigenvalue weighted by Gasteiger charge is -1.99. The molecule has 0 fully saturated rings. The first-order valence-electron chi connectivity index (χ1n) is 7.02. The first kappa shape index (κ1) is 12.7. The van der Waals surface area contributed by atoms with E-state index in [0.717, 1.165) is 39.4 Å². The van der Waals surface area contributed by atoms with Gasteiger partial charge in [0.2, 0.25) is 0 Å². The van der Waals surface area contributed by atoms with Crippen molar-refractivity contribution in [3.05, 3.63) is 60.7 Å². The number of fused-ring (bicyclic) bond motifs is 1. The lowest BCUT2D eigenvalue weighted by molar-refractivity contribution is 0.415. The Bertz CT molecular complexity index is 887. The van der Waals surface area contributed by atoms with Crippen molar-refractivity contribution in [3.63, 3.8) is 0 Å². The molecule has 2 aromatic carbocycles. The summed E-state index contributed by atoms with van der Waals surface area (Å²) >= 11 is 0. The van der Waals surface area contributed by atoms with Crippen LogP contribution in [0.25, 0.3) is 33.7 Å². The number of hydrogen-bond donors (Lipinski definition) is 1. The number of furan rings is 1. The highest BCUT2D eigenvalue weighted by atomic mass is 16.5. The summed E-state index contributed by atoms with van der Waals surface area (Å²) in [5, 5.41) is 8.48. The first-order chi connectivity index (χ1) is 10.8. The summed E-state index contributed by atoms with van der Waals surface area (Å²) in [5.74, 6) is 1.62. The van der Waals surface area contributed by atoms with Gasteiger partial charge in [0.05, 0.1) is 12.8 Å². The van der Waals surface area contributed by atoms with Gasteiger partial charge in [0.1, 0.15) is 17.0 Å². The van der Waals surface area contributed by atoms with Crippen molar-refractivity contribution < 1.29 is 9.15 Å². The topological polar surface area (TPSA) is 51.0 Å². The van der Waals surface area contributed by atoms with E-state index in [1.807, 2.05) is 60.7 Å². The maximum absolute atomic E-state index is 5.85. The Morgan fingerprint density at radius 2 is 1.82 bits per heavy atom. The molecule has 0 amide bonds. The Labute approximate surface area is 127 Å². The molecule has 0 saturated heterocycles. The summed E-state index contributed by atoms with van der Waals surface area (Å²) in [6, 6.07) is 19.8. The van der Waals surface area contributed by atoms with Crippen molar-refractivity contribution in [2.24, 2.45) is 0 Å². The van der Waals surface area contributed by atoms with Gasteiger partial charge in [0, 0.05) is 10.9 Å². The van der Waals surface area contributed by atoms with Crippen LogP contribution in [0.3, 0.4) is 0 Å². The zero-order chi connectivity index (χ0) is 14.9. The molecule has 2 aromatic heterocycles. The normalized spacial score (nSPS) is 11.0. The molecule has 0 radical (unpaired) electrons. The molecule has 22 heavy (non-hydrogen) atoms. The minimum atomic E-state index is 0.786. The number of rotatable bonds is 3. The minimum absolute atomic E-state index is 0.786. The maximum atomic E-state index is 5.85. The molecule has 4 nitrogen and oxygen atoms in total. The van der Waals surface area contributed by atoms with E-state index in [-0.39, 0.29) is 0 Å². The van der Waals surface area contributed by atoms with Gasteiger partial charge >= 0.3 is 0 Å².